The molecule has 6 heteroatoms. The molecule has 1 atom stereocenters. The number of carbonyl (C=O) groups is 1. The highest BCUT2D eigenvalue weighted by molar-refractivity contribution is 6.34. The third kappa shape index (κ3) is 4.15. The Hall–Kier alpha value is -2.14. The van der Waals surface area contributed by atoms with E-state index >= 15 is 0 Å². The van der Waals surface area contributed by atoms with Crippen molar-refractivity contribution in [1.82, 2.24) is 9.97 Å². The number of hydrogen-bond acceptors (Lipinski definition) is 4. The average Bonchev–Trinajstić information content (AvgIpc) is 2.57. The minimum atomic E-state index is -0.268. The molecular formula is C20H25ClN4O. The van der Waals surface area contributed by atoms with Gasteiger partial charge in [0.2, 0.25) is 0 Å². The van der Waals surface area contributed by atoms with Crippen molar-refractivity contribution < 1.29 is 4.79 Å². The first-order valence-corrected chi connectivity index (χ1v) is 9.40. The minimum Gasteiger partial charge on any atom is -0.356 e. The van der Waals surface area contributed by atoms with Crippen LogP contribution < -0.4 is 10.2 Å². The number of hydrogen-bond donors (Lipinski definition) is 1. The highest BCUT2D eigenvalue weighted by atomic mass is 35.5. The molecular weight excluding hydrogens is 348 g/mol. The number of piperidine rings is 1. The number of rotatable bonds is 3. The second-order valence-electron chi connectivity index (χ2n) is 7.24. The number of aromatic nitrogens is 2. The number of nitrogens with zero attached hydrogens (tertiary/aromatic N) is 3. The Morgan fingerprint density at radius 2 is 2.00 bits per heavy atom. The van der Waals surface area contributed by atoms with Gasteiger partial charge in [-0.05, 0) is 56.7 Å². The second kappa shape index (κ2) is 7.62. The van der Waals surface area contributed by atoms with Crippen LogP contribution in [0.1, 0.15) is 47.2 Å². The van der Waals surface area contributed by atoms with E-state index in [1.807, 2.05) is 32.9 Å². The van der Waals surface area contributed by atoms with Crippen molar-refractivity contribution in [2.45, 2.75) is 40.5 Å². The number of aryl methyl sites for hydroxylation is 3. The topological polar surface area (TPSA) is 58.1 Å². The highest BCUT2D eigenvalue weighted by Crippen LogP contribution is 2.28. The molecule has 3 rings (SSSR count). The third-order valence-corrected chi connectivity index (χ3v) is 5.01. The van der Waals surface area contributed by atoms with Gasteiger partial charge in [-0.25, -0.2) is 9.97 Å². The van der Waals surface area contributed by atoms with Gasteiger partial charge in [-0.15, -0.1) is 0 Å². The molecule has 0 spiro atoms. The lowest BCUT2D eigenvalue weighted by molar-refractivity contribution is 0.102. The van der Waals surface area contributed by atoms with Crippen LogP contribution in [0.15, 0.2) is 18.2 Å². The molecule has 1 aromatic heterocycles. The number of halogens is 1. The Morgan fingerprint density at radius 1 is 1.23 bits per heavy atom. The van der Waals surface area contributed by atoms with Gasteiger partial charge >= 0.3 is 0 Å². The Balaban J connectivity index is 1.86. The molecule has 0 saturated carbocycles. The maximum Gasteiger partial charge on any atom is 0.274 e. The molecule has 0 radical (unpaired) electrons. The first-order valence-electron chi connectivity index (χ1n) is 9.02. The summed E-state index contributed by atoms with van der Waals surface area (Å²) in [6.07, 6.45) is 2.38. The smallest absolute Gasteiger partial charge is 0.274 e. The van der Waals surface area contributed by atoms with E-state index in [-0.39, 0.29) is 5.91 Å². The van der Waals surface area contributed by atoms with Crippen LogP contribution in [-0.2, 0) is 0 Å². The highest BCUT2D eigenvalue weighted by Gasteiger charge is 2.20. The van der Waals surface area contributed by atoms with Crippen LogP contribution in [0, 0.1) is 26.7 Å². The summed E-state index contributed by atoms with van der Waals surface area (Å²) in [4.78, 5) is 23.9. The minimum absolute atomic E-state index is 0.268. The van der Waals surface area contributed by atoms with E-state index in [0.29, 0.717) is 28.1 Å². The molecule has 2 heterocycles. The van der Waals surface area contributed by atoms with Crippen LogP contribution in [0.4, 0.5) is 11.5 Å². The molecule has 1 amide bonds. The first-order chi connectivity index (χ1) is 12.3. The summed E-state index contributed by atoms with van der Waals surface area (Å²) in [6, 6.07) is 5.61. The van der Waals surface area contributed by atoms with Crippen LogP contribution in [0.5, 0.6) is 0 Å². The summed E-state index contributed by atoms with van der Waals surface area (Å²) in [5.41, 5.74) is 2.98. The lowest BCUT2D eigenvalue weighted by Crippen LogP contribution is -2.35. The largest absolute Gasteiger partial charge is 0.356 e. The Bertz CT molecular complexity index is 814. The number of carbonyl (C=O) groups excluding carboxylic acids is 1. The van der Waals surface area contributed by atoms with Crippen molar-refractivity contribution in [3.63, 3.8) is 0 Å². The molecule has 0 aliphatic carbocycles. The Morgan fingerprint density at radius 3 is 2.69 bits per heavy atom. The van der Waals surface area contributed by atoms with E-state index in [2.05, 4.69) is 27.1 Å². The molecule has 26 heavy (non-hydrogen) atoms. The van der Waals surface area contributed by atoms with Gasteiger partial charge in [-0.2, -0.15) is 0 Å². The fraction of sp³-hybridized carbons (Fsp3) is 0.450. The molecule has 1 unspecified atom stereocenters. The zero-order valence-electron chi connectivity index (χ0n) is 15.8. The number of nitrogens with one attached hydrogen (secondary N) is 1. The summed E-state index contributed by atoms with van der Waals surface area (Å²) in [6.45, 7) is 9.89. The number of benzene rings is 1. The molecule has 1 fully saturated rings. The summed E-state index contributed by atoms with van der Waals surface area (Å²) >= 11 is 6.31. The fourth-order valence-corrected chi connectivity index (χ4v) is 3.85. The van der Waals surface area contributed by atoms with Gasteiger partial charge in [0, 0.05) is 19.2 Å². The molecule has 1 aliphatic heterocycles. The number of amides is 1. The van der Waals surface area contributed by atoms with Crippen molar-refractivity contribution in [3.8, 4) is 0 Å². The SMILES string of the molecule is Cc1cc(C)c(NC(=O)c2cc(N3CCCC(C)C3)nc(C)n2)c(Cl)c1. The fourth-order valence-electron chi connectivity index (χ4n) is 3.48. The summed E-state index contributed by atoms with van der Waals surface area (Å²) < 4.78 is 0. The van der Waals surface area contributed by atoms with E-state index < -0.39 is 0 Å². The predicted molar refractivity (Wildman–Crippen MR) is 106 cm³/mol. The maximum absolute atomic E-state index is 12.8. The molecule has 1 saturated heterocycles. The predicted octanol–water partition coefficient (Wildman–Crippen LogP) is 4.54. The zero-order valence-corrected chi connectivity index (χ0v) is 16.5. The van der Waals surface area contributed by atoms with Crippen LogP contribution in [0.25, 0.3) is 0 Å². The Kier molecular flexibility index (Phi) is 5.47. The molecule has 1 aromatic carbocycles. The van der Waals surface area contributed by atoms with E-state index in [4.69, 9.17) is 11.6 Å². The summed E-state index contributed by atoms with van der Waals surface area (Å²) in [5, 5.41) is 3.44. The average molecular weight is 373 g/mol. The summed E-state index contributed by atoms with van der Waals surface area (Å²) in [7, 11) is 0. The van der Waals surface area contributed by atoms with Gasteiger partial charge < -0.3 is 10.2 Å². The van der Waals surface area contributed by atoms with E-state index in [1.54, 1.807) is 6.07 Å². The van der Waals surface area contributed by atoms with Crippen LogP contribution in [-0.4, -0.2) is 29.0 Å². The molecule has 0 bridgehead atoms. The second-order valence-corrected chi connectivity index (χ2v) is 7.65. The Labute approximate surface area is 159 Å². The standard InChI is InChI=1S/C20H25ClN4O/c1-12-6-5-7-25(11-12)18-10-17(22-15(4)23-18)20(26)24-19-14(3)8-13(2)9-16(19)21/h8-10,12H,5-7,11H2,1-4H3,(H,24,26). The lowest BCUT2D eigenvalue weighted by Gasteiger charge is -2.32. The number of anilines is 2. The van der Waals surface area contributed by atoms with E-state index in [9.17, 15) is 4.79 Å². The van der Waals surface area contributed by atoms with Crippen LogP contribution in [0.3, 0.4) is 0 Å². The third-order valence-electron chi connectivity index (χ3n) is 4.71. The summed E-state index contributed by atoms with van der Waals surface area (Å²) in [5.74, 6) is 1.78. The van der Waals surface area contributed by atoms with Gasteiger partial charge in [-0.1, -0.05) is 24.6 Å². The van der Waals surface area contributed by atoms with Crippen LogP contribution in [0.2, 0.25) is 5.02 Å². The van der Waals surface area contributed by atoms with Gasteiger partial charge in [0.25, 0.3) is 5.91 Å². The monoisotopic (exact) mass is 372 g/mol. The van der Waals surface area contributed by atoms with Gasteiger partial charge in [-0.3, -0.25) is 4.79 Å². The lowest BCUT2D eigenvalue weighted by atomic mass is 10.0. The van der Waals surface area contributed by atoms with Crippen molar-refractivity contribution in [1.29, 1.82) is 0 Å². The molecule has 138 valence electrons. The van der Waals surface area contributed by atoms with Crippen LogP contribution >= 0.6 is 11.6 Å². The maximum atomic E-state index is 12.8. The zero-order chi connectivity index (χ0) is 18.8. The van der Waals surface area contributed by atoms with Gasteiger partial charge in [0.05, 0.1) is 10.7 Å². The van der Waals surface area contributed by atoms with E-state index in [1.165, 1.54) is 6.42 Å². The normalized spacial score (nSPS) is 17.3. The first kappa shape index (κ1) is 18.6. The van der Waals surface area contributed by atoms with Crippen molar-refractivity contribution >= 4 is 29.0 Å². The van der Waals surface area contributed by atoms with Gasteiger partial charge in [0.15, 0.2) is 0 Å². The van der Waals surface area contributed by atoms with Crippen molar-refractivity contribution in [3.05, 3.63) is 45.9 Å². The molecule has 5 nitrogen and oxygen atoms in total. The van der Waals surface area contributed by atoms with Crippen molar-refractivity contribution in [2.24, 2.45) is 5.92 Å². The molecule has 2 aromatic rings. The molecule has 1 N–H and O–H groups in total. The molecule has 1 aliphatic rings. The van der Waals surface area contributed by atoms with Gasteiger partial charge in [0.1, 0.15) is 17.3 Å². The van der Waals surface area contributed by atoms with Crippen molar-refractivity contribution in [2.75, 3.05) is 23.3 Å². The van der Waals surface area contributed by atoms with E-state index in [0.717, 1.165) is 36.5 Å². The quantitative estimate of drug-likeness (QED) is 0.859.